The molecule has 0 radical (unpaired) electrons. The van der Waals surface area contributed by atoms with E-state index in [1.54, 1.807) is 11.9 Å². The molecule has 1 aliphatic heterocycles. The zero-order valence-corrected chi connectivity index (χ0v) is 11.5. The Labute approximate surface area is 116 Å². The third-order valence-electron chi connectivity index (χ3n) is 3.53. The number of nitrogens with zero attached hydrogens (tertiary/aromatic N) is 2. The molecule has 1 N–H and O–H groups in total. The molecule has 0 spiro atoms. The highest BCUT2D eigenvalue weighted by Crippen LogP contribution is 2.28. The summed E-state index contributed by atoms with van der Waals surface area (Å²) >= 11 is 0. The lowest BCUT2D eigenvalue weighted by Gasteiger charge is -2.23. The molecule has 1 fully saturated rings. The van der Waals surface area contributed by atoms with Crippen LogP contribution in [0.15, 0.2) is 18.2 Å². The topological polar surface area (TPSA) is 84.7 Å². The van der Waals surface area contributed by atoms with Crippen molar-refractivity contribution in [3.8, 4) is 5.75 Å². The zero-order chi connectivity index (χ0) is 14.7. The van der Waals surface area contributed by atoms with E-state index < -0.39 is 4.92 Å². The third kappa shape index (κ3) is 2.72. The van der Waals surface area contributed by atoms with E-state index in [-0.39, 0.29) is 23.4 Å². The van der Waals surface area contributed by atoms with Gasteiger partial charge >= 0.3 is 5.69 Å². The van der Waals surface area contributed by atoms with Gasteiger partial charge in [-0.2, -0.15) is 0 Å². The molecule has 20 heavy (non-hydrogen) atoms. The van der Waals surface area contributed by atoms with Gasteiger partial charge < -0.3 is 15.0 Å². The monoisotopic (exact) mass is 279 g/mol. The predicted molar refractivity (Wildman–Crippen MR) is 73.0 cm³/mol. The molecule has 1 unspecified atom stereocenters. The van der Waals surface area contributed by atoms with Gasteiger partial charge in [0.25, 0.3) is 5.91 Å². The van der Waals surface area contributed by atoms with Crippen molar-refractivity contribution in [2.24, 2.45) is 0 Å². The summed E-state index contributed by atoms with van der Waals surface area (Å²) in [7, 11) is 3.09. The highest BCUT2D eigenvalue weighted by molar-refractivity contribution is 5.95. The van der Waals surface area contributed by atoms with Gasteiger partial charge in [-0.05, 0) is 19.0 Å². The second kappa shape index (κ2) is 5.87. The van der Waals surface area contributed by atoms with Crippen molar-refractivity contribution in [1.29, 1.82) is 0 Å². The highest BCUT2D eigenvalue weighted by Gasteiger charge is 2.25. The molecular weight excluding hydrogens is 262 g/mol. The number of hydrogen-bond acceptors (Lipinski definition) is 5. The number of nitro benzene ring substituents is 1. The molecule has 0 bridgehead atoms. The molecule has 0 saturated carbocycles. The number of hydrogen-bond donors (Lipinski definition) is 1. The van der Waals surface area contributed by atoms with E-state index in [0.29, 0.717) is 5.56 Å². The summed E-state index contributed by atoms with van der Waals surface area (Å²) in [4.78, 5) is 24.3. The zero-order valence-electron chi connectivity index (χ0n) is 11.5. The first-order valence-electron chi connectivity index (χ1n) is 6.35. The van der Waals surface area contributed by atoms with Crippen LogP contribution in [0.25, 0.3) is 0 Å². The van der Waals surface area contributed by atoms with Gasteiger partial charge in [0.1, 0.15) is 0 Å². The minimum absolute atomic E-state index is 0.0961. The fraction of sp³-hybridized carbons (Fsp3) is 0.462. The van der Waals surface area contributed by atoms with Gasteiger partial charge in [0.05, 0.1) is 12.0 Å². The smallest absolute Gasteiger partial charge is 0.310 e. The summed E-state index contributed by atoms with van der Waals surface area (Å²) in [6.07, 6.45) is 0.909. The molecule has 0 aromatic heterocycles. The lowest BCUT2D eigenvalue weighted by molar-refractivity contribution is -0.385. The van der Waals surface area contributed by atoms with Gasteiger partial charge in [0, 0.05) is 37.3 Å². The molecule has 0 aliphatic carbocycles. The van der Waals surface area contributed by atoms with Gasteiger partial charge in [-0.3, -0.25) is 14.9 Å². The molecular formula is C13H17N3O4. The summed E-state index contributed by atoms with van der Waals surface area (Å²) < 4.78 is 4.98. The summed E-state index contributed by atoms with van der Waals surface area (Å²) in [5.41, 5.74) is 0.246. The second-order valence-corrected chi connectivity index (χ2v) is 4.71. The minimum Gasteiger partial charge on any atom is -0.490 e. The number of benzene rings is 1. The lowest BCUT2D eigenvalue weighted by atomic mass is 10.1. The molecule has 1 saturated heterocycles. The van der Waals surface area contributed by atoms with Gasteiger partial charge in [-0.25, -0.2) is 0 Å². The first kappa shape index (κ1) is 14.3. The van der Waals surface area contributed by atoms with Crippen molar-refractivity contribution in [3.63, 3.8) is 0 Å². The Morgan fingerprint density at radius 3 is 2.85 bits per heavy atom. The van der Waals surface area contributed by atoms with Crippen LogP contribution >= 0.6 is 0 Å². The first-order valence-corrected chi connectivity index (χ1v) is 6.35. The number of nitrogens with one attached hydrogen (secondary N) is 1. The number of rotatable bonds is 4. The van der Waals surface area contributed by atoms with Crippen LogP contribution < -0.4 is 10.1 Å². The van der Waals surface area contributed by atoms with Crippen LogP contribution in [0.4, 0.5) is 5.69 Å². The maximum Gasteiger partial charge on any atom is 0.310 e. The largest absolute Gasteiger partial charge is 0.490 e. The van der Waals surface area contributed by atoms with E-state index in [1.165, 1.54) is 25.3 Å². The maximum absolute atomic E-state index is 12.4. The number of nitro groups is 1. The fourth-order valence-electron chi connectivity index (χ4n) is 2.30. The quantitative estimate of drug-likeness (QED) is 0.657. The van der Waals surface area contributed by atoms with E-state index in [1.807, 2.05) is 0 Å². The average Bonchev–Trinajstić information content (AvgIpc) is 2.99. The maximum atomic E-state index is 12.4. The number of amides is 1. The van der Waals surface area contributed by atoms with Crippen molar-refractivity contribution >= 4 is 11.6 Å². The molecule has 1 atom stereocenters. The summed E-state index contributed by atoms with van der Waals surface area (Å²) in [5.74, 6) is -0.0642. The molecule has 1 aromatic rings. The molecule has 1 aliphatic rings. The van der Waals surface area contributed by atoms with E-state index in [4.69, 9.17) is 4.74 Å². The van der Waals surface area contributed by atoms with Crippen LogP contribution in [0.5, 0.6) is 5.75 Å². The Morgan fingerprint density at radius 1 is 1.55 bits per heavy atom. The van der Waals surface area contributed by atoms with Gasteiger partial charge in [-0.1, -0.05) is 0 Å². The van der Waals surface area contributed by atoms with Crippen LogP contribution in [0, 0.1) is 10.1 Å². The average molecular weight is 279 g/mol. The summed E-state index contributed by atoms with van der Waals surface area (Å²) in [6, 6.07) is 4.33. The number of carbonyl (C=O) groups is 1. The SMILES string of the molecule is COc1cc(C(=O)N(C)C2CCNC2)ccc1[N+](=O)[O-]. The second-order valence-electron chi connectivity index (χ2n) is 4.71. The molecule has 1 aromatic carbocycles. The van der Waals surface area contributed by atoms with Crippen LogP contribution in [-0.4, -0.2) is 49.0 Å². The van der Waals surface area contributed by atoms with Gasteiger partial charge in [0.2, 0.25) is 0 Å². The van der Waals surface area contributed by atoms with Crippen LogP contribution in [-0.2, 0) is 0 Å². The Balaban J connectivity index is 2.23. The van der Waals surface area contributed by atoms with Crippen molar-refractivity contribution in [3.05, 3.63) is 33.9 Å². The normalized spacial score (nSPS) is 17.8. The van der Waals surface area contributed by atoms with Crippen LogP contribution in [0.3, 0.4) is 0 Å². The predicted octanol–water partition coefficient (Wildman–Crippen LogP) is 1.04. The van der Waals surface area contributed by atoms with Crippen molar-refractivity contribution < 1.29 is 14.5 Å². The number of ether oxygens (including phenoxy) is 1. The number of carbonyl (C=O) groups excluding carboxylic acids is 1. The van der Waals surface area contributed by atoms with Crippen molar-refractivity contribution in [2.45, 2.75) is 12.5 Å². The molecule has 1 heterocycles. The van der Waals surface area contributed by atoms with E-state index in [9.17, 15) is 14.9 Å². The van der Waals surface area contributed by atoms with Crippen molar-refractivity contribution in [1.82, 2.24) is 10.2 Å². The standard InChI is InChI=1S/C13H17N3O4/c1-15(10-5-6-14-8-10)13(17)9-3-4-11(16(18)19)12(7-9)20-2/h3-4,7,10,14H,5-6,8H2,1-2H3. The first-order chi connectivity index (χ1) is 9.54. The van der Waals surface area contributed by atoms with E-state index >= 15 is 0 Å². The van der Waals surface area contributed by atoms with E-state index in [2.05, 4.69) is 5.32 Å². The number of likely N-dealkylation sites (N-methyl/N-ethyl adjacent to an activating group) is 1. The Kier molecular flexibility index (Phi) is 4.19. The molecule has 2 rings (SSSR count). The Morgan fingerprint density at radius 2 is 2.30 bits per heavy atom. The van der Waals surface area contributed by atoms with Gasteiger partial charge in [0.15, 0.2) is 5.75 Å². The Hall–Kier alpha value is -2.15. The fourth-order valence-corrected chi connectivity index (χ4v) is 2.30. The van der Waals surface area contributed by atoms with E-state index in [0.717, 1.165) is 19.5 Å². The lowest BCUT2D eigenvalue weighted by Crippen LogP contribution is -2.38. The molecule has 108 valence electrons. The Bertz CT molecular complexity index is 526. The van der Waals surface area contributed by atoms with Crippen LogP contribution in [0.1, 0.15) is 16.8 Å². The van der Waals surface area contributed by atoms with Crippen LogP contribution in [0.2, 0.25) is 0 Å². The number of methoxy groups -OCH3 is 1. The molecule has 1 amide bonds. The van der Waals surface area contributed by atoms with Gasteiger partial charge in [-0.15, -0.1) is 0 Å². The highest BCUT2D eigenvalue weighted by atomic mass is 16.6. The minimum atomic E-state index is -0.530. The summed E-state index contributed by atoms with van der Waals surface area (Å²) in [6.45, 7) is 1.66. The summed E-state index contributed by atoms with van der Waals surface area (Å²) in [5, 5.41) is 14.0. The molecule has 7 heteroatoms. The third-order valence-corrected chi connectivity index (χ3v) is 3.53. The molecule has 7 nitrogen and oxygen atoms in total. The van der Waals surface area contributed by atoms with Crippen molar-refractivity contribution in [2.75, 3.05) is 27.2 Å².